The van der Waals surface area contributed by atoms with Gasteiger partial charge in [0.15, 0.2) is 0 Å². The van der Waals surface area contributed by atoms with Crippen LogP contribution in [0.5, 0.6) is 0 Å². The van der Waals surface area contributed by atoms with Crippen molar-refractivity contribution < 1.29 is 9.53 Å². The predicted octanol–water partition coefficient (Wildman–Crippen LogP) is 2.83. The second kappa shape index (κ2) is 12.8. The highest BCUT2D eigenvalue weighted by molar-refractivity contribution is 5.73. The largest absolute Gasteiger partial charge is 0.374 e. The number of carbonyl (C=O) groups excluding carboxylic acids is 1. The minimum Gasteiger partial charge on any atom is -0.374 e. The summed E-state index contributed by atoms with van der Waals surface area (Å²) in [6.07, 6.45) is 2.34. The van der Waals surface area contributed by atoms with Gasteiger partial charge in [0.25, 0.3) is 0 Å². The summed E-state index contributed by atoms with van der Waals surface area (Å²) in [6, 6.07) is 7.99. The van der Waals surface area contributed by atoms with E-state index in [1.807, 2.05) is 32.0 Å². The molecule has 0 aliphatic carbocycles. The van der Waals surface area contributed by atoms with Crippen LogP contribution in [0.4, 0.5) is 4.79 Å². The first-order valence-corrected chi connectivity index (χ1v) is 10.7. The Morgan fingerprint density at radius 2 is 1.71 bits per heavy atom. The Hall–Kier alpha value is -1.63. The van der Waals surface area contributed by atoms with Gasteiger partial charge in [-0.25, -0.2) is 4.79 Å². The third-order valence-electron chi connectivity index (χ3n) is 5.23. The van der Waals surface area contributed by atoms with Crippen LogP contribution in [0.1, 0.15) is 44.7 Å². The van der Waals surface area contributed by atoms with E-state index < -0.39 is 0 Å². The van der Waals surface area contributed by atoms with E-state index in [9.17, 15) is 4.79 Å². The van der Waals surface area contributed by atoms with Gasteiger partial charge < -0.3 is 25.2 Å². The molecule has 6 nitrogen and oxygen atoms in total. The first-order valence-electron chi connectivity index (χ1n) is 10.7. The Kier molecular flexibility index (Phi) is 10.3. The van der Waals surface area contributed by atoms with Crippen molar-refractivity contribution in [3.63, 3.8) is 0 Å². The maximum Gasteiger partial charge on any atom is 0.315 e. The van der Waals surface area contributed by atoms with Crippen LogP contribution < -0.4 is 10.6 Å². The summed E-state index contributed by atoms with van der Waals surface area (Å²) in [4.78, 5) is 17.1. The molecule has 0 bridgehead atoms. The molecule has 2 amide bonds. The summed E-state index contributed by atoms with van der Waals surface area (Å²) < 4.78 is 5.69. The average Bonchev–Trinajstić information content (AvgIpc) is 2.71. The van der Waals surface area contributed by atoms with E-state index in [-0.39, 0.29) is 12.1 Å². The SMILES string of the molecule is CCN1CCN(CCCCNC(=O)NCc2ccccc2COC(C)C)CC1. The predicted molar refractivity (Wildman–Crippen MR) is 114 cm³/mol. The van der Waals surface area contributed by atoms with E-state index in [1.54, 1.807) is 0 Å². The van der Waals surface area contributed by atoms with E-state index >= 15 is 0 Å². The molecule has 0 unspecified atom stereocenters. The highest BCUT2D eigenvalue weighted by Gasteiger charge is 2.14. The second-order valence-electron chi connectivity index (χ2n) is 7.72. The number of piperazine rings is 1. The van der Waals surface area contributed by atoms with Crippen molar-refractivity contribution in [3.05, 3.63) is 35.4 Å². The van der Waals surface area contributed by atoms with Crippen LogP contribution in [0.15, 0.2) is 24.3 Å². The van der Waals surface area contributed by atoms with Crippen molar-refractivity contribution in [2.75, 3.05) is 45.8 Å². The van der Waals surface area contributed by atoms with Crippen molar-refractivity contribution >= 4 is 6.03 Å². The zero-order valence-corrected chi connectivity index (χ0v) is 17.9. The molecule has 28 heavy (non-hydrogen) atoms. The summed E-state index contributed by atoms with van der Waals surface area (Å²) in [5.74, 6) is 0. The van der Waals surface area contributed by atoms with Crippen LogP contribution in [-0.4, -0.2) is 67.7 Å². The molecule has 0 spiro atoms. The summed E-state index contributed by atoms with van der Waals surface area (Å²) in [6.45, 7) is 15.1. The number of nitrogens with one attached hydrogen (secondary N) is 2. The first kappa shape index (κ1) is 22.7. The van der Waals surface area contributed by atoms with Gasteiger partial charge in [0, 0.05) is 39.3 Å². The molecule has 6 heteroatoms. The highest BCUT2D eigenvalue weighted by Crippen LogP contribution is 2.11. The second-order valence-corrected chi connectivity index (χ2v) is 7.72. The molecule has 0 saturated carbocycles. The summed E-state index contributed by atoms with van der Waals surface area (Å²) >= 11 is 0. The Bertz CT molecular complexity index is 571. The van der Waals surface area contributed by atoms with Crippen LogP contribution in [0.25, 0.3) is 0 Å². The average molecular weight is 391 g/mol. The minimum atomic E-state index is -0.101. The molecule has 1 heterocycles. The van der Waals surface area contributed by atoms with E-state index in [2.05, 4.69) is 33.4 Å². The van der Waals surface area contributed by atoms with Gasteiger partial charge in [0.05, 0.1) is 12.7 Å². The number of hydrogen-bond acceptors (Lipinski definition) is 4. The van der Waals surface area contributed by atoms with Crippen molar-refractivity contribution in [1.82, 2.24) is 20.4 Å². The fourth-order valence-corrected chi connectivity index (χ4v) is 3.36. The number of carbonyl (C=O) groups is 1. The number of benzene rings is 1. The molecular formula is C22H38N4O2. The van der Waals surface area contributed by atoms with Crippen LogP contribution in [0, 0.1) is 0 Å². The molecular weight excluding hydrogens is 352 g/mol. The number of nitrogens with zero attached hydrogens (tertiary/aromatic N) is 2. The van der Waals surface area contributed by atoms with E-state index in [0.29, 0.717) is 13.2 Å². The fourth-order valence-electron chi connectivity index (χ4n) is 3.36. The highest BCUT2D eigenvalue weighted by atomic mass is 16.5. The zero-order valence-electron chi connectivity index (χ0n) is 17.9. The standard InChI is InChI=1S/C22H38N4O2/c1-4-25-13-15-26(16-14-25)12-8-7-11-23-22(27)24-17-20-9-5-6-10-21(20)18-28-19(2)3/h5-6,9-10,19H,4,7-8,11-18H2,1-3H3,(H2,23,24,27). The summed E-state index contributed by atoms with van der Waals surface area (Å²) in [5.41, 5.74) is 2.23. The van der Waals surface area contributed by atoms with Gasteiger partial charge in [-0.2, -0.15) is 0 Å². The van der Waals surface area contributed by atoms with Crippen LogP contribution >= 0.6 is 0 Å². The number of amides is 2. The molecule has 1 aliphatic heterocycles. The number of hydrogen-bond donors (Lipinski definition) is 2. The molecule has 0 aromatic heterocycles. The van der Waals surface area contributed by atoms with Crippen molar-refractivity contribution in [2.24, 2.45) is 0 Å². The van der Waals surface area contributed by atoms with Crippen LogP contribution in [0.3, 0.4) is 0 Å². The maximum absolute atomic E-state index is 12.1. The molecule has 158 valence electrons. The van der Waals surface area contributed by atoms with E-state index in [0.717, 1.165) is 43.6 Å². The zero-order chi connectivity index (χ0) is 20.2. The lowest BCUT2D eigenvalue weighted by Gasteiger charge is -2.33. The van der Waals surface area contributed by atoms with Gasteiger partial charge in [-0.3, -0.25) is 0 Å². The molecule has 1 aromatic carbocycles. The third kappa shape index (κ3) is 8.59. The van der Waals surface area contributed by atoms with E-state index in [1.165, 1.54) is 26.2 Å². The number of urea groups is 1. The lowest BCUT2D eigenvalue weighted by Crippen LogP contribution is -2.46. The Balaban J connectivity index is 1.57. The number of rotatable bonds is 11. The molecule has 1 aliphatic rings. The molecule has 1 saturated heterocycles. The lowest BCUT2D eigenvalue weighted by atomic mass is 10.1. The number of likely N-dealkylation sites (N-methyl/N-ethyl adjacent to an activating group) is 1. The van der Waals surface area contributed by atoms with E-state index in [4.69, 9.17) is 4.74 Å². The van der Waals surface area contributed by atoms with Crippen LogP contribution in [0.2, 0.25) is 0 Å². The topological polar surface area (TPSA) is 56.8 Å². The molecule has 0 atom stereocenters. The third-order valence-corrected chi connectivity index (χ3v) is 5.23. The maximum atomic E-state index is 12.1. The lowest BCUT2D eigenvalue weighted by molar-refractivity contribution is 0.0652. The van der Waals surface area contributed by atoms with Gasteiger partial charge in [-0.15, -0.1) is 0 Å². The minimum absolute atomic E-state index is 0.101. The van der Waals surface area contributed by atoms with Gasteiger partial charge in [-0.05, 0) is 50.9 Å². The van der Waals surface area contributed by atoms with Gasteiger partial charge in [0.2, 0.25) is 0 Å². The molecule has 1 aromatic rings. The number of unbranched alkanes of at least 4 members (excludes halogenated alkanes) is 1. The summed E-state index contributed by atoms with van der Waals surface area (Å²) in [5, 5.41) is 5.93. The monoisotopic (exact) mass is 390 g/mol. The van der Waals surface area contributed by atoms with Crippen molar-refractivity contribution in [2.45, 2.75) is 52.9 Å². The molecule has 2 rings (SSSR count). The Morgan fingerprint density at radius 3 is 2.39 bits per heavy atom. The fraction of sp³-hybridized carbons (Fsp3) is 0.682. The number of ether oxygens (including phenoxy) is 1. The summed E-state index contributed by atoms with van der Waals surface area (Å²) in [7, 11) is 0. The Morgan fingerprint density at radius 1 is 1.04 bits per heavy atom. The van der Waals surface area contributed by atoms with Gasteiger partial charge in [0.1, 0.15) is 0 Å². The van der Waals surface area contributed by atoms with Crippen LogP contribution in [-0.2, 0) is 17.9 Å². The van der Waals surface area contributed by atoms with Gasteiger partial charge >= 0.3 is 6.03 Å². The normalized spacial score (nSPS) is 15.7. The van der Waals surface area contributed by atoms with Gasteiger partial charge in [-0.1, -0.05) is 31.2 Å². The molecule has 1 fully saturated rings. The smallest absolute Gasteiger partial charge is 0.315 e. The quantitative estimate of drug-likeness (QED) is 0.571. The Labute approximate surface area is 170 Å². The molecule has 2 N–H and O–H groups in total. The molecule has 0 radical (unpaired) electrons. The first-order chi connectivity index (χ1) is 13.6. The van der Waals surface area contributed by atoms with Crippen molar-refractivity contribution in [1.29, 1.82) is 0 Å². The van der Waals surface area contributed by atoms with Crippen molar-refractivity contribution in [3.8, 4) is 0 Å².